The van der Waals surface area contributed by atoms with Gasteiger partial charge in [-0.15, -0.1) is 0 Å². The summed E-state index contributed by atoms with van der Waals surface area (Å²) in [6.45, 7) is 0. The molecule has 3 spiro atoms. The number of carbonyl (C=O) groups is 12. The van der Waals surface area contributed by atoms with E-state index >= 15 is 0 Å². The quantitative estimate of drug-likeness (QED) is 0.144. The monoisotopic (exact) mass is 1150 g/mol. The van der Waals surface area contributed by atoms with Crippen molar-refractivity contribution in [3.05, 3.63) is 45.7 Å². The van der Waals surface area contributed by atoms with Gasteiger partial charge < -0.3 is 86.1 Å². The van der Waals surface area contributed by atoms with Crippen molar-refractivity contribution in [1.82, 2.24) is 20.9 Å². The van der Waals surface area contributed by atoms with Crippen LogP contribution in [-0.4, -0.2) is 112 Å². The maximum absolute atomic E-state index is 11.0. The zero-order valence-corrected chi connectivity index (χ0v) is 43.8. The van der Waals surface area contributed by atoms with Gasteiger partial charge in [-0.2, -0.15) is 0 Å². The van der Waals surface area contributed by atoms with E-state index in [0.717, 1.165) is 14.7 Å². The molecule has 5 radical (unpaired) electrons. The van der Waals surface area contributed by atoms with Gasteiger partial charge in [-0.05, 0) is 0 Å². The summed E-state index contributed by atoms with van der Waals surface area (Å²) in [7, 11) is 3.65. The normalized spacial score (nSPS) is 18.6. The van der Waals surface area contributed by atoms with Gasteiger partial charge in [0.1, 0.15) is 0 Å². The zero-order chi connectivity index (χ0) is 27.3. The molecule has 0 aromatic carbocycles. The standard InChI is InChI=1S/3C6H4N2O4.CH4.4CH3.H3N.H2O.6Y/c3*1-8-4(11)6(5(8)12)2(9)7-3(6)10;;;;;;;;;;;;;/h3*1H3,(H,7,9,10);1H4;5*1H3;1H2;;;;;;/q;;;;4*-1;;;;;;;;+3/p-3. The molecule has 0 atom stereocenters. The molecule has 20 nitrogen and oxygen atoms in total. The van der Waals surface area contributed by atoms with Crippen LogP contribution in [0.15, 0.2) is 0 Å². The van der Waals surface area contributed by atoms with Gasteiger partial charge in [-0.25, -0.2) is 0 Å². The van der Waals surface area contributed by atoms with Gasteiger partial charge in [-0.3, -0.25) is 43.5 Å². The van der Waals surface area contributed by atoms with Crippen LogP contribution in [0.4, 0.5) is 0 Å². The van der Waals surface area contributed by atoms with Gasteiger partial charge in [0.05, 0.1) is 35.4 Å². The van der Waals surface area contributed by atoms with Gasteiger partial charge in [0.25, 0.3) is 35.4 Å². The molecule has 5 N–H and O–H groups in total. The van der Waals surface area contributed by atoms with E-state index in [1.807, 2.05) is 0 Å². The largest absolute Gasteiger partial charge is 3.00 e. The Bertz CT molecular complexity index is 1140. The van der Waals surface area contributed by atoms with E-state index < -0.39 is 87.1 Å². The average Bonchev–Trinajstić information content (AvgIpc) is 2.84. The number of β-lactam (4-membered cyclic amide) rings is 12. The fourth-order valence-electron chi connectivity index (χ4n) is 3.89. The number of nitrogens with zero attached hydrogens (tertiary/aromatic N) is 6. The summed E-state index contributed by atoms with van der Waals surface area (Å²) in [6.07, 6.45) is 0. The summed E-state index contributed by atoms with van der Waals surface area (Å²) in [5, 5.41) is 8.66. The number of amides is 12. The first-order valence-corrected chi connectivity index (χ1v) is 9.47. The van der Waals surface area contributed by atoms with Crippen molar-refractivity contribution < 1.29 is 259 Å². The van der Waals surface area contributed by atoms with Crippen LogP contribution < -0.4 is 6.15 Å². The van der Waals surface area contributed by atoms with E-state index in [1.54, 1.807) is 0 Å². The van der Waals surface area contributed by atoms with Crippen LogP contribution in [-0.2, 0) is 254 Å². The van der Waals surface area contributed by atoms with Crippen LogP contribution >= 0.6 is 0 Å². The van der Waals surface area contributed by atoms with Crippen molar-refractivity contribution in [2.75, 3.05) is 21.1 Å². The molecule has 12 amide bonds. The van der Waals surface area contributed by atoms with E-state index in [4.69, 9.17) is 0 Å². The summed E-state index contributed by atoms with van der Waals surface area (Å²) >= 11 is 0. The van der Waals surface area contributed by atoms with Gasteiger partial charge in [0.15, 0.2) is 0 Å². The molecule has 0 aromatic rings. The third-order valence-electron chi connectivity index (χ3n) is 6.29. The number of hydrogen-bond donors (Lipinski definition) is 1. The first-order valence-electron chi connectivity index (χ1n) is 9.47. The Hall–Kier alpha value is 1.38. The van der Waals surface area contributed by atoms with Crippen LogP contribution in [0.2, 0.25) is 0 Å². The van der Waals surface area contributed by atoms with Crippen molar-refractivity contribution in [3.63, 3.8) is 0 Å². The second-order valence-corrected chi connectivity index (χ2v) is 7.92. The van der Waals surface area contributed by atoms with Gasteiger partial charge in [0.2, 0.25) is 16.2 Å². The predicted octanol–water partition coefficient (Wildman–Crippen LogP) is -3.00. The minimum atomic E-state index is -2.05. The Kier molecular flexibility index (Phi) is 39.1. The van der Waals surface area contributed by atoms with E-state index in [2.05, 4.69) is 16.0 Å². The first kappa shape index (κ1) is 75.3. The summed E-state index contributed by atoms with van der Waals surface area (Å²) in [5.41, 5.74) is -6.14. The Balaban J connectivity index is -0.0000000514. The molecule has 0 aliphatic carbocycles. The predicted molar refractivity (Wildman–Crippen MR) is 142 cm³/mol. The van der Waals surface area contributed by atoms with Crippen LogP contribution in [0.25, 0.3) is 16.0 Å². The second kappa shape index (κ2) is 25.5. The molecule has 6 heterocycles. The smallest absolute Gasteiger partial charge is 0.592 e. The van der Waals surface area contributed by atoms with Gasteiger partial charge in [0, 0.05) is 185 Å². The first-order chi connectivity index (χ1) is 16.6. The second-order valence-electron chi connectivity index (χ2n) is 7.92. The molecule has 0 unspecified atom stereocenters. The van der Waals surface area contributed by atoms with Crippen molar-refractivity contribution >= 4 is 70.9 Å². The minimum absolute atomic E-state index is 0. The average molecular weight is 1150 g/mol. The third kappa shape index (κ3) is 9.27. The molecule has 0 aromatic heterocycles. The van der Waals surface area contributed by atoms with Crippen molar-refractivity contribution in [2.24, 2.45) is 16.2 Å². The Morgan fingerprint density at radius 3 is 0.551 bits per heavy atom. The number of carbonyl (C=O) groups excluding carboxylic acids is 12. The molecule has 6 saturated heterocycles. The SMILES string of the molecule is C.CN1C(=O)C2(C(=O)[N-]C2=O)C1=O.CN1C(=O)C2(C(=O)[N-]C2=O)C1=O.CN1C(=O)C2(C(=O)[N-]C2=O)C1=O.N.O.[CH3-].[CH3-].[CH3-].[CH3-].[Y+3].[Y].[Y].[Y].[Y].[Y]. The summed E-state index contributed by atoms with van der Waals surface area (Å²) < 4.78 is 0. The van der Waals surface area contributed by atoms with Gasteiger partial charge in [-0.1, -0.05) is 7.43 Å². The molecule has 6 aliphatic heterocycles. The van der Waals surface area contributed by atoms with Crippen LogP contribution in [0.5, 0.6) is 0 Å². The fraction of sp³-hybridized carbons (Fsp3) is 0.304. The Morgan fingerprint density at radius 1 is 0.388 bits per heavy atom. The van der Waals surface area contributed by atoms with Crippen LogP contribution in [0.1, 0.15) is 7.43 Å². The summed E-state index contributed by atoms with van der Waals surface area (Å²) in [6, 6.07) is 0. The molecule has 257 valence electrons. The molecule has 0 saturated carbocycles. The summed E-state index contributed by atoms with van der Waals surface area (Å²) in [5.74, 6) is -10.2. The molecule has 6 aliphatic rings. The van der Waals surface area contributed by atoms with E-state index in [0.29, 0.717) is 0 Å². The van der Waals surface area contributed by atoms with Crippen molar-refractivity contribution in [2.45, 2.75) is 7.43 Å². The number of hydrogen-bond acceptors (Lipinski definition) is 13. The zero-order valence-electron chi connectivity index (χ0n) is 26.8. The van der Waals surface area contributed by atoms with Crippen LogP contribution in [0, 0.1) is 46.0 Å². The Labute approximate surface area is 434 Å². The molecule has 0 bridgehead atoms. The number of likely N-dealkylation sites (tertiary alicyclic amines) is 3. The number of imide groups is 6. The maximum atomic E-state index is 11.0. The maximum Gasteiger partial charge on any atom is 3.00 e. The number of rotatable bonds is 0. The van der Waals surface area contributed by atoms with Crippen molar-refractivity contribution in [3.8, 4) is 0 Å². The topological polar surface area (TPSA) is 323 Å². The molecule has 26 heteroatoms. The minimum Gasteiger partial charge on any atom is -0.592 e. The van der Waals surface area contributed by atoms with Crippen molar-refractivity contribution in [1.29, 1.82) is 0 Å². The fourth-order valence-corrected chi connectivity index (χ4v) is 3.89. The molecular weight excluding hydrogens is 1120 g/mol. The van der Waals surface area contributed by atoms with E-state index in [1.165, 1.54) is 21.1 Å². The molecular formula is C23H30N7O13Y6-4. The molecule has 49 heavy (non-hydrogen) atoms. The van der Waals surface area contributed by atoms with Gasteiger partial charge >= 0.3 is 32.7 Å². The molecule has 6 fully saturated rings. The third-order valence-corrected chi connectivity index (χ3v) is 6.29. The van der Waals surface area contributed by atoms with E-state index in [-0.39, 0.29) is 245 Å². The van der Waals surface area contributed by atoms with E-state index in [9.17, 15) is 57.5 Å². The Morgan fingerprint density at radius 2 is 0.490 bits per heavy atom. The molecule has 6 rings (SSSR count). The summed E-state index contributed by atoms with van der Waals surface area (Å²) in [4.78, 5) is 133. The van der Waals surface area contributed by atoms with Crippen LogP contribution in [0.3, 0.4) is 0 Å².